The molecule has 1 N–H and O–H groups in total. The number of benzene rings is 1. The number of halogens is 1. The summed E-state index contributed by atoms with van der Waals surface area (Å²) in [7, 11) is 0. The van der Waals surface area contributed by atoms with Crippen molar-refractivity contribution >= 4 is 0 Å². The lowest BCUT2D eigenvalue weighted by Gasteiger charge is -2.37. The molecule has 0 aromatic heterocycles. The summed E-state index contributed by atoms with van der Waals surface area (Å²) in [5.41, 5.74) is 1.03. The van der Waals surface area contributed by atoms with Crippen molar-refractivity contribution in [1.29, 1.82) is 0 Å². The first-order valence-corrected chi connectivity index (χ1v) is 6.08. The van der Waals surface area contributed by atoms with Gasteiger partial charge in [-0.25, -0.2) is 4.39 Å². The van der Waals surface area contributed by atoms with Crippen LogP contribution in [0.2, 0.25) is 0 Å². The molecule has 1 aliphatic heterocycles. The van der Waals surface area contributed by atoms with Crippen LogP contribution >= 0.6 is 0 Å². The van der Waals surface area contributed by atoms with E-state index in [1.807, 2.05) is 12.1 Å². The second-order valence-corrected chi connectivity index (χ2v) is 5.41. The van der Waals surface area contributed by atoms with Gasteiger partial charge in [-0.1, -0.05) is 24.6 Å². The van der Waals surface area contributed by atoms with E-state index in [-0.39, 0.29) is 11.4 Å². The summed E-state index contributed by atoms with van der Waals surface area (Å²) in [6.45, 7) is 4.45. The first kappa shape index (κ1) is 11.6. The summed E-state index contributed by atoms with van der Waals surface area (Å²) >= 11 is 0. The van der Waals surface area contributed by atoms with Crippen molar-refractivity contribution in [3.8, 4) is 0 Å². The van der Waals surface area contributed by atoms with Crippen LogP contribution in [0.5, 0.6) is 0 Å². The molecule has 1 heterocycles. The molecule has 88 valence electrons. The predicted molar refractivity (Wildman–Crippen MR) is 65.0 cm³/mol. The largest absolute Gasteiger partial charge is 0.309 e. The third-order valence-corrected chi connectivity index (χ3v) is 3.37. The molecule has 2 heteroatoms. The molecular weight excluding hydrogens is 201 g/mol. The number of rotatable bonds is 2. The maximum absolute atomic E-state index is 13.5. The lowest BCUT2D eigenvalue weighted by atomic mass is 9.87. The van der Waals surface area contributed by atoms with E-state index < -0.39 is 0 Å². The molecule has 0 saturated carbocycles. The topological polar surface area (TPSA) is 12.0 Å². The molecule has 1 unspecified atom stereocenters. The third kappa shape index (κ3) is 2.82. The van der Waals surface area contributed by atoms with Gasteiger partial charge in [0.25, 0.3) is 0 Å². The molecule has 0 amide bonds. The average molecular weight is 221 g/mol. The Morgan fingerprint density at radius 2 is 2.12 bits per heavy atom. The zero-order valence-electron chi connectivity index (χ0n) is 10.1. The summed E-state index contributed by atoms with van der Waals surface area (Å²) in [6.07, 6.45) is 4.40. The van der Waals surface area contributed by atoms with E-state index in [0.717, 1.165) is 18.4 Å². The zero-order valence-corrected chi connectivity index (χ0v) is 10.1. The lowest BCUT2D eigenvalue weighted by molar-refractivity contribution is 0.241. The van der Waals surface area contributed by atoms with E-state index in [0.29, 0.717) is 6.04 Å². The van der Waals surface area contributed by atoms with Gasteiger partial charge in [0.05, 0.1) is 0 Å². The van der Waals surface area contributed by atoms with E-state index in [9.17, 15) is 4.39 Å². The Morgan fingerprint density at radius 3 is 2.81 bits per heavy atom. The van der Waals surface area contributed by atoms with Crippen LogP contribution in [-0.2, 0) is 6.42 Å². The normalized spacial score (nSPS) is 24.3. The van der Waals surface area contributed by atoms with Gasteiger partial charge in [-0.2, -0.15) is 0 Å². The smallest absolute Gasteiger partial charge is 0.126 e. The standard InChI is InChI=1S/C14H20FN/c1-14(2)9-5-7-12(16-14)10-11-6-3-4-8-13(11)15/h3-4,6,8,12,16H,5,7,9-10H2,1-2H3. The number of hydrogen-bond acceptors (Lipinski definition) is 1. The number of piperidine rings is 1. The summed E-state index contributed by atoms with van der Waals surface area (Å²) in [5.74, 6) is -0.0762. The van der Waals surface area contributed by atoms with Crippen LogP contribution in [0.1, 0.15) is 38.7 Å². The van der Waals surface area contributed by atoms with Gasteiger partial charge < -0.3 is 5.32 Å². The highest BCUT2D eigenvalue weighted by molar-refractivity contribution is 5.18. The Morgan fingerprint density at radius 1 is 1.38 bits per heavy atom. The number of nitrogens with one attached hydrogen (secondary N) is 1. The maximum Gasteiger partial charge on any atom is 0.126 e. The summed E-state index contributed by atoms with van der Waals surface area (Å²) in [5, 5.41) is 3.60. The molecule has 1 aliphatic rings. The molecule has 0 aliphatic carbocycles. The van der Waals surface area contributed by atoms with Crippen LogP contribution < -0.4 is 5.32 Å². The minimum atomic E-state index is -0.0762. The SMILES string of the molecule is CC1(C)CCCC(Cc2ccccc2F)N1. The second-order valence-electron chi connectivity index (χ2n) is 5.41. The molecule has 2 rings (SSSR count). The fourth-order valence-electron chi connectivity index (χ4n) is 2.57. The molecule has 0 bridgehead atoms. The van der Waals surface area contributed by atoms with Gasteiger partial charge >= 0.3 is 0 Å². The van der Waals surface area contributed by atoms with Gasteiger partial charge in [0.15, 0.2) is 0 Å². The first-order valence-electron chi connectivity index (χ1n) is 6.08. The third-order valence-electron chi connectivity index (χ3n) is 3.37. The fraction of sp³-hybridized carbons (Fsp3) is 0.571. The van der Waals surface area contributed by atoms with E-state index in [1.54, 1.807) is 12.1 Å². The van der Waals surface area contributed by atoms with Crippen LogP contribution in [0, 0.1) is 5.82 Å². The molecular formula is C14H20FN. The molecule has 0 radical (unpaired) electrons. The fourth-order valence-corrected chi connectivity index (χ4v) is 2.57. The van der Waals surface area contributed by atoms with Gasteiger partial charge in [-0.15, -0.1) is 0 Å². The first-order chi connectivity index (χ1) is 7.57. The monoisotopic (exact) mass is 221 g/mol. The minimum absolute atomic E-state index is 0.0762. The van der Waals surface area contributed by atoms with Gasteiger partial charge in [0.1, 0.15) is 5.82 Å². The van der Waals surface area contributed by atoms with Crippen molar-refractivity contribution in [2.24, 2.45) is 0 Å². The summed E-state index contributed by atoms with van der Waals surface area (Å²) < 4.78 is 13.5. The van der Waals surface area contributed by atoms with Crippen LogP contribution in [0.15, 0.2) is 24.3 Å². The molecule has 1 atom stereocenters. The predicted octanol–water partition coefficient (Wildman–Crippen LogP) is 3.29. The Kier molecular flexibility index (Phi) is 3.29. The van der Waals surface area contributed by atoms with Crippen LogP contribution in [0.25, 0.3) is 0 Å². The highest BCUT2D eigenvalue weighted by Crippen LogP contribution is 2.23. The van der Waals surface area contributed by atoms with E-state index in [2.05, 4.69) is 19.2 Å². The van der Waals surface area contributed by atoms with Gasteiger partial charge in [-0.05, 0) is 44.7 Å². The van der Waals surface area contributed by atoms with Gasteiger partial charge in [0, 0.05) is 11.6 Å². The van der Waals surface area contributed by atoms with Crippen LogP contribution in [0.3, 0.4) is 0 Å². The molecule has 1 aromatic rings. The molecule has 1 saturated heterocycles. The lowest BCUT2D eigenvalue weighted by Crippen LogP contribution is -2.50. The van der Waals surface area contributed by atoms with Crippen molar-refractivity contribution < 1.29 is 4.39 Å². The molecule has 1 nitrogen and oxygen atoms in total. The Labute approximate surface area is 97.1 Å². The zero-order chi connectivity index (χ0) is 11.6. The molecule has 16 heavy (non-hydrogen) atoms. The van der Waals surface area contributed by atoms with E-state index in [1.165, 1.54) is 12.8 Å². The Bertz CT molecular complexity index is 360. The van der Waals surface area contributed by atoms with Crippen molar-refractivity contribution in [3.63, 3.8) is 0 Å². The van der Waals surface area contributed by atoms with Crippen molar-refractivity contribution in [2.45, 2.75) is 51.1 Å². The average Bonchev–Trinajstić information content (AvgIpc) is 2.20. The highest BCUT2D eigenvalue weighted by atomic mass is 19.1. The molecule has 1 fully saturated rings. The molecule has 1 aromatic carbocycles. The van der Waals surface area contributed by atoms with E-state index in [4.69, 9.17) is 0 Å². The number of hydrogen-bond donors (Lipinski definition) is 1. The van der Waals surface area contributed by atoms with Crippen LogP contribution in [0.4, 0.5) is 4.39 Å². The van der Waals surface area contributed by atoms with Crippen molar-refractivity contribution in [2.75, 3.05) is 0 Å². The summed E-state index contributed by atoms with van der Waals surface area (Å²) in [4.78, 5) is 0. The maximum atomic E-state index is 13.5. The van der Waals surface area contributed by atoms with Gasteiger partial charge in [-0.3, -0.25) is 0 Å². The van der Waals surface area contributed by atoms with Gasteiger partial charge in [0.2, 0.25) is 0 Å². The molecule has 0 spiro atoms. The van der Waals surface area contributed by atoms with Crippen LogP contribution in [-0.4, -0.2) is 11.6 Å². The van der Waals surface area contributed by atoms with E-state index >= 15 is 0 Å². The quantitative estimate of drug-likeness (QED) is 0.808. The van der Waals surface area contributed by atoms with Crippen molar-refractivity contribution in [3.05, 3.63) is 35.6 Å². The Balaban J connectivity index is 2.02. The second kappa shape index (κ2) is 4.54. The highest BCUT2D eigenvalue weighted by Gasteiger charge is 2.27. The minimum Gasteiger partial charge on any atom is -0.309 e. The Hall–Kier alpha value is -0.890. The van der Waals surface area contributed by atoms with Crippen molar-refractivity contribution in [1.82, 2.24) is 5.32 Å². The summed E-state index contributed by atoms with van der Waals surface area (Å²) in [6, 6.07) is 7.51.